The maximum Gasteiger partial charge on any atom is 0.263 e. The lowest BCUT2D eigenvalue weighted by molar-refractivity contribution is -0.117. The van der Waals surface area contributed by atoms with E-state index in [1.54, 1.807) is 12.3 Å². The summed E-state index contributed by atoms with van der Waals surface area (Å²) in [5.41, 5.74) is 1.06. The summed E-state index contributed by atoms with van der Waals surface area (Å²) in [5, 5.41) is 14.4. The van der Waals surface area contributed by atoms with Gasteiger partial charge >= 0.3 is 0 Å². The van der Waals surface area contributed by atoms with Gasteiger partial charge in [-0.1, -0.05) is 6.07 Å². The number of hydrogen-bond acceptors (Lipinski definition) is 4. The Kier molecular flexibility index (Phi) is 4.88. The molecule has 0 bridgehead atoms. The van der Waals surface area contributed by atoms with Gasteiger partial charge in [-0.15, -0.1) is 0 Å². The highest BCUT2D eigenvalue weighted by atomic mass is 16.1. The minimum Gasteiger partial charge on any atom is -0.349 e. The molecule has 5 nitrogen and oxygen atoms in total. The van der Waals surface area contributed by atoms with Crippen molar-refractivity contribution in [2.75, 3.05) is 5.32 Å². The van der Waals surface area contributed by atoms with Gasteiger partial charge in [0.1, 0.15) is 17.5 Å². The molecule has 1 aromatic heterocycles. The molecule has 0 aliphatic carbocycles. The van der Waals surface area contributed by atoms with Gasteiger partial charge in [-0.2, -0.15) is 5.26 Å². The molecule has 0 aromatic carbocycles. The van der Waals surface area contributed by atoms with E-state index in [0.717, 1.165) is 5.56 Å². The number of nitriles is 1. The molecule has 1 rings (SSSR count). The predicted molar refractivity (Wildman–Crippen MR) is 69.6 cm³/mol. The Hall–Kier alpha value is -2.35. The number of nitrogens with zero attached hydrogens (tertiary/aromatic N) is 2. The van der Waals surface area contributed by atoms with E-state index in [9.17, 15) is 4.79 Å². The molecule has 18 heavy (non-hydrogen) atoms. The third-order valence-electron chi connectivity index (χ3n) is 2.06. The summed E-state index contributed by atoms with van der Waals surface area (Å²) in [7, 11) is 0. The van der Waals surface area contributed by atoms with Crippen LogP contribution in [-0.4, -0.2) is 16.9 Å². The van der Waals surface area contributed by atoms with Crippen LogP contribution in [0.25, 0.3) is 0 Å². The fourth-order valence-electron chi connectivity index (χ4n) is 1.19. The van der Waals surface area contributed by atoms with Crippen molar-refractivity contribution in [1.29, 1.82) is 5.26 Å². The first kappa shape index (κ1) is 13.7. The highest BCUT2D eigenvalue weighted by Gasteiger charge is 2.09. The van der Waals surface area contributed by atoms with Gasteiger partial charge in [0.15, 0.2) is 0 Å². The molecule has 0 atom stereocenters. The Bertz CT molecular complexity index is 483. The quantitative estimate of drug-likeness (QED) is 0.624. The van der Waals surface area contributed by atoms with E-state index in [1.807, 2.05) is 32.9 Å². The van der Waals surface area contributed by atoms with Crippen molar-refractivity contribution in [3.05, 3.63) is 35.7 Å². The maximum absolute atomic E-state index is 11.6. The van der Waals surface area contributed by atoms with Crippen molar-refractivity contribution in [2.24, 2.45) is 0 Å². The second-order valence-corrected chi connectivity index (χ2v) is 4.16. The van der Waals surface area contributed by atoms with Crippen molar-refractivity contribution in [1.82, 2.24) is 10.3 Å². The van der Waals surface area contributed by atoms with Crippen LogP contribution in [0, 0.1) is 18.3 Å². The van der Waals surface area contributed by atoms with E-state index < -0.39 is 5.91 Å². The highest BCUT2D eigenvalue weighted by molar-refractivity contribution is 5.97. The van der Waals surface area contributed by atoms with Crippen LogP contribution in [0.1, 0.15) is 19.4 Å². The lowest BCUT2D eigenvalue weighted by atomic mass is 10.2. The standard InChI is InChI=1S/C13H16N4O/c1-9(2)17-13(18)11(6-14)8-16-12-5-4-10(3)7-15-12/h4-5,7-9H,1-3H3,(H,15,16)(H,17,18)/b11-8-. The van der Waals surface area contributed by atoms with Gasteiger partial charge in [-0.3, -0.25) is 4.79 Å². The lowest BCUT2D eigenvalue weighted by Crippen LogP contribution is -2.31. The van der Waals surface area contributed by atoms with Crippen molar-refractivity contribution in [3.8, 4) is 6.07 Å². The zero-order valence-electron chi connectivity index (χ0n) is 10.7. The Morgan fingerprint density at radius 2 is 2.22 bits per heavy atom. The first-order valence-electron chi connectivity index (χ1n) is 5.63. The van der Waals surface area contributed by atoms with Crippen LogP contribution in [-0.2, 0) is 4.79 Å². The lowest BCUT2D eigenvalue weighted by Gasteiger charge is -2.07. The number of aryl methyl sites for hydroxylation is 1. The smallest absolute Gasteiger partial charge is 0.263 e. The Labute approximate surface area is 107 Å². The fraction of sp³-hybridized carbons (Fsp3) is 0.308. The topological polar surface area (TPSA) is 77.8 Å². The summed E-state index contributed by atoms with van der Waals surface area (Å²) in [6.07, 6.45) is 3.06. The average Bonchev–Trinajstić information content (AvgIpc) is 2.31. The SMILES string of the molecule is Cc1ccc(N/C=C(/C#N)C(=O)NC(C)C)nc1. The molecule has 1 amide bonds. The normalized spacial score (nSPS) is 10.9. The fourth-order valence-corrected chi connectivity index (χ4v) is 1.19. The minimum atomic E-state index is -0.396. The van der Waals surface area contributed by atoms with Crippen LogP contribution in [0.15, 0.2) is 30.1 Å². The van der Waals surface area contributed by atoms with Gasteiger partial charge in [0.25, 0.3) is 5.91 Å². The summed E-state index contributed by atoms with van der Waals surface area (Å²) in [6, 6.07) is 5.51. The van der Waals surface area contributed by atoms with Gasteiger partial charge in [-0.25, -0.2) is 4.98 Å². The molecule has 0 aliphatic heterocycles. The number of nitrogens with one attached hydrogen (secondary N) is 2. The molecule has 0 aliphatic rings. The van der Waals surface area contributed by atoms with Gasteiger partial charge in [0.2, 0.25) is 0 Å². The number of anilines is 1. The third-order valence-corrected chi connectivity index (χ3v) is 2.06. The van der Waals surface area contributed by atoms with Gasteiger partial charge < -0.3 is 10.6 Å². The van der Waals surface area contributed by atoms with Gasteiger partial charge in [0.05, 0.1) is 0 Å². The van der Waals surface area contributed by atoms with E-state index >= 15 is 0 Å². The molecule has 0 saturated heterocycles. The van der Waals surface area contributed by atoms with Gasteiger partial charge in [-0.05, 0) is 32.4 Å². The van der Waals surface area contributed by atoms with Crippen LogP contribution >= 0.6 is 0 Å². The molecule has 2 N–H and O–H groups in total. The van der Waals surface area contributed by atoms with Crippen LogP contribution < -0.4 is 10.6 Å². The van der Waals surface area contributed by atoms with Crippen molar-refractivity contribution in [3.63, 3.8) is 0 Å². The van der Waals surface area contributed by atoms with E-state index in [1.165, 1.54) is 6.20 Å². The van der Waals surface area contributed by atoms with Crippen LogP contribution in [0.4, 0.5) is 5.82 Å². The first-order valence-corrected chi connectivity index (χ1v) is 5.63. The summed E-state index contributed by atoms with van der Waals surface area (Å²) >= 11 is 0. The third kappa shape index (κ3) is 4.26. The highest BCUT2D eigenvalue weighted by Crippen LogP contribution is 2.04. The molecule has 5 heteroatoms. The monoisotopic (exact) mass is 244 g/mol. The summed E-state index contributed by atoms with van der Waals surface area (Å²) < 4.78 is 0. The summed E-state index contributed by atoms with van der Waals surface area (Å²) in [6.45, 7) is 5.60. The largest absolute Gasteiger partial charge is 0.349 e. The summed E-state index contributed by atoms with van der Waals surface area (Å²) in [4.78, 5) is 15.7. The van der Waals surface area contributed by atoms with Gasteiger partial charge in [0, 0.05) is 18.4 Å². The first-order chi connectivity index (χ1) is 8.52. The van der Waals surface area contributed by atoms with Crippen LogP contribution in [0.3, 0.4) is 0 Å². The van der Waals surface area contributed by atoms with E-state index in [0.29, 0.717) is 5.82 Å². The molecule has 0 unspecified atom stereocenters. The van der Waals surface area contributed by atoms with E-state index in [4.69, 9.17) is 5.26 Å². The molecule has 0 fully saturated rings. The Morgan fingerprint density at radius 3 is 2.72 bits per heavy atom. The average molecular weight is 244 g/mol. The molecular formula is C13H16N4O. The summed E-state index contributed by atoms with van der Waals surface area (Å²) in [5.74, 6) is 0.192. The number of aromatic nitrogens is 1. The zero-order valence-corrected chi connectivity index (χ0v) is 10.7. The number of amides is 1. The Balaban J connectivity index is 2.72. The molecule has 0 spiro atoms. The van der Waals surface area contributed by atoms with Crippen molar-refractivity contribution >= 4 is 11.7 Å². The molecular weight excluding hydrogens is 228 g/mol. The number of rotatable bonds is 4. The Morgan fingerprint density at radius 1 is 1.50 bits per heavy atom. The molecule has 1 heterocycles. The number of carbonyl (C=O) groups is 1. The van der Waals surface area contributed by atoms with E-state index in [2.05, 4.69) is 15.6 Å². The number of pyridine rings is 1. The van der Waals surface area contributed by atoms with Crippen LogP contribution in [0.5, 0.6) is 0 Å². The molecule has 0 radical (unpaired) electrons. The molecule has 0 saturated carbocycles. The van der Waals surface area contributed by atoms with E-state index in [-0.39, 0.29) is 11.6 Å². The zero-order chi connectivity index (χ0) is 13.5. The predicted octanol–water partition coefficient (Wildman–Crippen LogP) is 1.73. The maximum atomic E-state index is 11.6. The van der Waals surface area contributed by atoms with Crippen molar-refractivity contribution in [2.45, 2.75) is 26.8 Å². The van der Waals surface area contributed by atoms with Crippen molar-refractivity contribution < 1.29 is 4.79 Å². The van der Waals surface area contributed by atoms with Crippen LogP contribution in [0.2, 0.25) is 0 Å². The molecule has 1 aromatic rings. The number of hydrogen-bond donors (Lipinski definition) is 2. The second kappa shape index (κ2) is 6.40. The minimum absolute atomic E-state index is 0.00764. The number of carbonyl (C=O) groups excluding carboxylic acids is 1. The molecule has 94 valence electrons. The second-order valence-electron chi connectivity index (χ2n) is 4.16.